The smallest absolute Gasteiger partial charge is 0.320 e. The molecule has 144 valence electrons. The zero-order valence-electron chi connectivity index (χ0n) is 16.3. The van der Waals surface area contributed by atoms with Crippen LogP contribution in [0, 0.1) is 6.92 Å². The Kier molecular flexibility index (Phi) is 5.89. The first-order valence-electron chi connectivity index (χ1n) is 9.25. The lowest BCUT2D eigenvalue weighted by molar-refractivity contribution is -0.119. The van der Waals surface area contributed by atoms with Crippen molar-refractivity contribution in [3.63, 3.8) is 0 Å². The number of nitrogens with zero attached hydrogens (tertiary/aromatic N) is 1. The van der Waals surface area contributed by atoms with E-state index in [1.54, 1.807) is 6.20 Å². The molecule has 0 unspecified atom stereocenters. The number of hydrogen-bond donors (Lipinski definition) is 3. The average molecular weight is 376 g/mol. The molecule has 0 saturated heterocycles. The number of pyridine rings is 1. The van der Waals surface area contributed by atoms with E-state index in [1.165, 1.54) is 6.92 Å². The van der Waals surface area contributed by atoms with E-state index in [2.05, 4.69) is 39.1 Å². The van der Waals surface area contributed by atoms with Gasteiger partial charge >= 0.3 is 6.03 Å². The molecule has 0 atom stereocenters. The number of urea groups is 1. The van der Waals surface area contributed by atoms with Gasteiger partial charge in [-0.15, -0.1) is 0 Å². The molecular formula is C22H24N4O2. The normalized spacial score (nSPS) is 10.5. The minimum Gasteiger partial charge on any atom is -0.352 e. The summed E-state index contributed by atoms with van der Waals surface area (Å²) < 4.78 is 0. The fourth-order valence-corrected chi connectivity index (χ4v) is 3.08. The lowest BCUT2D eigenvalue weighted by Crippen LogP contribution is -2.28. The van der Waals surface area contributed by atoms with Gasteiger partial charge in [0.05, 0.1) is 0 Å². The second-order valence-corrected chi connectivity index (χ2v) is 6.68. The summed E-state index contributed by atoms with van der Waals surface area (Å²) in [6, 6.07) is 13.9. The van der Waals surface area contributed by atoms with E-state index in [0.29, 0.717) is 18.9 Å². The summed E-state index contributed by atoms with van der Waals surface area (Å²) >= 11 is 0. The number of amides is 3. The van der Waals surface area contributed by atoms with E-state index in [1.807, 2.05) is 38.1 Å². The molecule has 0 fully saturated rings. The van der Waals surface area contributed by atoms with E-state index in [9.17, 15) is 9.59 Å². The molecule has 3 amide bonds. The van der Waals surface area contributed by atoms with Crippen molar-refractivity contribution in [2.45, 2.75) is 27.3 Å². The second-order valence-electron chi connectivity index (χ2n) is 6.68. The summed E-state index contributed by atoms with van der Waals surface area (Å²) in [6.07, 6.45) is 1.78. The maximum atomic E-state index is 11.8. The first kappa shape index (κ1) is 19.4. The van der Waals surface area contributed by atoms with Crippen molar-refractivity contribution in [3.8, 4) is 11.1 Å². The molecule has 0 saturated carbocycles. The van der Waals surface area contributed by atoms with Crippen LogP contribution < -0.4 is 16.0 Å². The van der Waals surface area contributed by atoms with Gasteiger partial charge in [-0.2, -0.15) is 0 Å². The van der Waals surface area contributed by atoms with Crippen LogP contribution in [0.1, 0.15) is 25.0 Å². The van der Waals surface area contributed by atoms with Gasteiger partial charge in [-0.1, -0.05) is 24.3 Å². The molecule has 1 aromatic heterocycles. The first-order valence-corrected chi connectivity index (χ1v) is 9.25. The minimum absolute atomic E-state index is 0.0495. The lowest BCUT2D eigenvalue weighted by atomic mass is 9.97. The third-order valence-corrected chi connectivity index (χ3v) is 4.42. The average Bonchev–Trinajstić information content (AvgIpc) is 2.66. The van der Waals surface area contributed by atoms with Crippen molar-refractivity contribution in [1.29, 1.82) is 0 Å². The molecule has 1 heterocycles. The van der Waals surface area contributed by atoms with Gasteiger partial charge in [-0.3, -0.25) is 10.1 Å². The van der Waals surface area contributed by atoms with Crippen LogP contribution >= 0.6 is 0 Å². The minimum atomic E-state index is -0.270. The van der Waals surface area contributed by atoms with Gasteiger partial charge in [-0.25, -0.2) is 9.78 Å². The lowest BCUT2D eigenvalue weighted by Gasteiger charge is -2.11. The standard InChI is InChI=1S/C22H24N4O2/c1-4-23-22(28)26-21-11-19-10-18(8-14(2)20(19)13-25-21)17-7-5-6-16(9-17)12-24-15(3)27/h5-11,13H,4,12H2,1-3H3,(H,24,27)(H2,23,25,26,28). The number of anilines is 1. The van der Waals surface area contributed by atoms with E-state index in [0.717, 1.165) is 33.0 Å². The number of hydrogen-bond acceptors (Lipinski definition) is 3. The Hall–Kier alpha value is -3.41. The van der Waals surface area contributed by atoms with Crippen LogP contribution in [-0.2, 0) is 11.3 Å². The molecule has 0 aliphatic heterocycles. The zero-order valence-corrected chi connectivity index (χ0v) is 16.3. The number of aromatic nitrogens is 1. The van der Waals surface area contributed by atoms with Crippen molar-refractivity contribution in [1.82, 2.24) is 15.6 Å². The third-order valence-electron chi connectivity index (χ3n) is 4.42. The Morgan fingerprint density at radius 1 is 1.04 bits per heavy atom. The molecule has 0 aliphatic carbocycles. The number of rotatable bonds is 5. The predicted molar refractivity (Wildman–Crippen MR) is 112 cm³/mol. The Labute approximate surface area is 164 Å². The monoisotopic (exact) mass is 376 g/mol. The van der Waals surface area contributed by atoms with Crippen LogP contribution in [-0.4, -0.2) is 23.5 Å². The highest BCUT2D eigenvalue weighted by atomic mass is 16.2. The maximum absolute atomic E-state index is 11.8. The Morgan fingerprint density at radius 2 is 1.86 bits per heavy atom. The number of benzene rings is 2. The highest BCUT2D eigenvalue weighted by Crippen LogP contribution is 2.29. The Morgan fingerprint density at radius 3 is 2.61 bits per heavy atom. The second kappa shape index (κ2) is 8.52. The topological polar surface area (TPSA) is 83.1 Å². The summed E-state index contributed by atoms with van der Waals surface area (Å²) in [7, 11) is 0. The first-order chi connectivity index (χ1) is 13.5. The summed E-state index contributed by atoms with van der Waals surface area (Å²) in [5.41, 5.74) is 4.29. The quantitative estimate of drug-likeness (QED) is 0.630. The van der Waals surface area contributed by atoms with Crippen LogP contribution in [0.4, 0.5) is 10.6 Å². The Bertz CT molecular complexity index is 1030. The van der Waals surface area contributed by atoms with Crippen molar-refractivity contribution >= 4 is 28.5 Å². The number of aryl methyl sites for hydroxylation is 1. The number of carbonyl (C=O) groups excluding carboxylic acids is 2. The Balaban J connectivity index is 1.94. The highest BCUT2D eigenvalue weighted by molar-refractivity contribution is 5.94. The molecule has 3 aromatic rings. The summed E-state index contributed by atoms with van der Waals surface area (Å²) in [5, 5.41) is 10.3. The largest absolute Gasteiger partial charge is 0.352 e. The third kappa shape index (κ3) is 4.65. The molecule has 0 bridgehead atoms. The molecule has 0 radical (unpaired) electrons. The van der Waals surface area contributed by atoms with Crippen molar-refractivity contribution in [2.75, 3.05) is 11.9 Å². The molecule has 2 aromatic carbocycles. The molecule has 3 N–H and O–H groups in total. The van der Waals surface area contributed by atoms with Crippen LogP contribution in [0.5, 0.6) is 0 Å². The van der Waals surface area contributed by atoms with Gasteiger partial charge in [-0.05, 0) is 59.7 Å². The van der Waals surface area contributed by atoms with E-state index < -0.39 is 0 Å². The molecular weight excluding hydrogens is 352 g/mol. The molecule has 6 nitrogen and oxygen atoms in total. The number of fused-ring (bicyclic) bond motifs is 1. The number of carbonyl (C=O) groups is 2. The van der Waals surface area contributed by atoms with E-state index >= 15 is 0 Å². The molecule has 6 heteroatoms. The molecule has 0 spiro atoms. The van der Waals surface area contributed by atoms with Crippen LogP contribution in [0.2, 0.25) is 0 Å². The number of nitrogens with one attached hydrogen (secondary N) is 3. The van der Waals surface area contributed by atoms with Gasteiger partial charge < -0.3 is 10.6 Å². The highest BCUT2D eigenvalue weighted by Gasteiger charge is 2.08. The molecule has 28 heavy (non-hydrogen) atoms. The molecule has 3 rings (SSSR count). The predicted octanol–water partition coefficient (Wildman–Crippen LogP) is 3.99. The zero-order chi connectivity index (χ0) is 20.1. The van der Waals surface area contributed by atoms with Crippen molar-refractivity contribution in [2.24, 2.45) is 0 Å². The molecule has 0 aliphatic rings. The van der Waals surface area contributed by atoms with Gasteiger partial charge in [0.1, 0.15) is 5.82 Å². The summed E-state index contributed by atoms with van der Waals surface area (Å²) in [6.45, 7) is 6.48. The maximum Gasteiger partial charge on any atom is 0.320 e. The van der Waals surface area contributed by atoms with Gasteiger partial charge in [0, 0.05) is 31.6 Å². The van der Waals surface area contributed by atoms with Crippen LogP contribution in [0.25, 0.3) is 21.9 Å². The van der Waals surface area contributed by atoms with Crippen LogP contribution in [0.15, 0.2) is 48.7 Å². The van der Waals surface area contributed by atoms with Gasteiger partial charge in [0.25, 0.3) is 0 Å². The SMILES string of the molecule is CCNC(=O)Nc1cc2cc(-c3cccc(CNC(C)=O)c3)cc(C)c2cn1. The fraction of sp³-hybridized carbons (Fsp3) is 0.227. The van der Waals surface area contributed by atoms with Crippen LogP contribution in [0.3, 0.4) is 0 Å². The summed E-state index contributed by atoms with van der Waals surface area (Å²) in [4.78, 5) is 27.3. The van der Waals surface area contributed by atoms with Gasteiger partial charge in [0.15, 0.2) is 0 Å². The van der Waals surface area contributed by atoms with Crippen molar-refractivity contribution in [3.05, 3.63) is 59.8 Å². The van der Waals surface area contributed by atoms with E-state index in [4.69, 9.17) is 0 Å². The van der Waals surface area contributed by atoms with Gasteiger partial charge in [0.2, 0.25) is 5.91 Å². The van der Waals surface area contributed by atoms with Crippen molar-refractivity contribution < 1.29 is 9.59 Å². The summed E-state index contributed by atoms with van der Waals surface area (Å²) in [5.74, 6) is 0.459. The van der Waals surface area contributed by atoms with E-state index in [-0.39, 0.29) is 11.9 Å². The fourth-order valence-electron chi connectivity index (χ4n) is 3.08.